The fourth-order valence-corrected chi connectivity index (χ4v) is 2.87. The van der Waals surface area contributed by atoms with Crippen molar-refractivity contribution in [1.82, 2.24) is 14.3 Å². The van der Waals surface area contributed by atoms with E-state index in [0.29, 0.717) is 12.2 Å². The molecule has 1 fully saturated rings. The number of hydrogen-bond donors (Lipinski definition) is 1. The fraction of sp³-hybridized carbons (Fsp3) is 0.400. The van der Waals surface area contributed by atoms with Crippen LogP contribution in [0.2, 0.25) is 0 Å². The predicted molar refractivity (Wildman–Crippen MR) is 76.1 cm³/mol. The molecule has 2 atom stereocenters. The maximum atomic E-state index is 12.5. The molecule has 21 heavy (non-hydrogen) atoms. The number of fused-ring (bicyclic) bond motifs is 1. The van der Waals surface area contributed by atoms with Crippen molar-refractivity contribution in [3.05, 3.63) is 35.8 Å². The van der Waals surface area contributed by atoms with Crippen LogP contribution in [0.25, 0.3) is 5.65 Å². The van der Waals surface area contributed by atoms with Crippen molar-refractivity contribution in [3.8, 4) is 0 Å². The number of aromatic nitrogens is 2. The number of rotatable bonds is 2. The number of pyridine rings is 1. The van der Waals surface area contributed by atoms with Gasteiger partial charge in [-0.2, -0.15) is 0 Å². The smallest absolute Gasteiger partial charge is 0.308 e. The molecule has 1 aliphatic heterocycles. The Bertz CT molecular complexity index is 722. The molecule has 0 aromatic carbocycles. The van der Waals surface area contributed by atoms with E-state index in [4.69, 9.17) is 5.11 Å². The minimum absolute atomic E-state index is 0.0368. The summed E-state index contributed by atoms with van der Waals surface area (Å²) in [7, 11) is 0. The first-order valence-corrected chi connectivity index (χ1v) is 6.94. The molecule has 1 aliphatic rings. The third-order valence-electron chi connectivity index (χ3n) is 4.13. The summed E-state index contributed by atoms with van der Waals surface area (Å²) in [5, 5.41) is 9.15. The highest BCUT2D eigenvalue weighted by Gasteiger charge is 2.37. The van der Waals surface area contributed by atoms with Gasteiger partial charge in [-0.05, 0) is 25.0 Å². The van der Waals surface area contributed by atoms with E-state index < -0.39 is 11.9 Å². The van der Waals surface area contributed by atoms with Crippen molar-refractivity contribution in [2.24, 2.45) is 11.8 Å². The maximum absolute atomic E-state index is 12.5. The minimum Gasteiger partial charge on any atom is -0.481 e. The van der Waals surface area contributed by atoms with Gasteiger partial charge in [0.1, 0.15) is 11.3 Å². The number of aliphatic carboxylic acids is 1. The van der Waals surface area contributed by atoms with Crippen molar-refractivity contribution < 1.29 is 14.7 Å². The van der Waals surface area contributed by atoms with Crippen LogP contribution in [-0.2, 0) is 4.79 Å². The zero-order chi connectivity index (χ0) is 15.1. The van der Waals surface area contributed by atoms with Gasteiger partial charge in [0.15, 0.2) is 0 Å². The van der Waals surface area contributed by atoms with Crippen LogP contribution < -0.4 is 0 Å². The van der Waals surface area contributed by atoms with Gasteiger partial charge in [-0.25, -0.2) is 4.98 Å². The summed E-state index contributed by atoms with van der Waals surface area (Å²) in [5.74, 6) is -1.57. The highest BCUT2D eigenvalue weighted by atomic mass is 16.4. The molecule has 1 saturated heterocycles. The Kier molecular flexibility index (Phi) is 3.16. The van der Waals surface area contributed by atoms with Gasteiger partial charge >= 0.3 is 5.97 Å². The van der Waals surface area contributed by atoms with Gasteiger partial charge in [-0.3, -0.25) is 9.59 Å². The molecule has 1 amide bonds. The van der Waals surface area contributed by atoms with E-state index in [2.05, 4.69) is 4.98 Å². The van der Waals surface area contributed by atoms with Gasteiger partial charge in [0.05, 0.1) is 5.92 Å². The van der Waals surface area contributed by atoms with Crippen LogP contribution in [0, 0.1) is 18.8 Å². The van der Waals surface area contributed by atoms with Gasteiger partial charge in [0.2, 0.25) is 0 Å². The van der Waals surface area contributed by atoms with Gasteiger partial charge in [-0.1, -0.05) is 13.0 Å². The molecular formula is C15H17N3O3. The van der Waals surface area contributed by atoms with Crippen molar-refractivity contribution in [2.75, 3.05) is 13.1 Å². The molecule has 2 aromatic rings. The number of hydrogen-bond acceptors (Lipinski definition) is 3. The topological polar surface area (TPSA) is 74.9 Å². The van der Waals surface area contributed by atoms with E-state index in [1.165, 1.54) is 0 Å². The summed E-state index contributed by atoms with van der Waals surface area (Å²) in [5.41, 5.74) is 2.08. The SMILES string of the molecule is Cc1cccc2nc(C(=O)N3CC(C)C(C(=O)O)C3)cn12. The molecule has 110 valence electrons. The van der Waals surface area contributed by atoms with Crippen LogP contribution in [0.5, 0.6) is 0 Å². The standard InChI is InChI=1S/C15H17N3O3/c1-9-6-17(7-11(9)15(20)21)14(19)12-8-18-10(2)4-3-5-13(18)16-12/h3-5,8-9,11H,6-7H2,1-2H3,(H,20,21). The number of amides is 1. The van der Waals surface area contributed by atoms with E-state index in [1.54, 1.807) is 11.1 Å². The van der Waals surface area contributed by atoms with Crippen LogP contribution in [-0.4, -0.2) is 44.4 Å². The number of nitrogens with zero attached hydrogens (tertiary/aromatic N) is 3. The van der Waals surface area contributed by atoms with Crippen LogP contribution in [0.1, 0.15) is 23.1 Å². The average Bonchev–Trinajstić information content (AvgIpc) is 3.02. The Morgan fingerprint density at radius 3 is 2.71 bits per heavy atom. The Hall–Kier alpha value is -2.37. The van der Waals surface area contributed by atoms with Gasteiger partial charge in [-0.15, -0.1) is 0 Å². The summed E-state index contributed by atoms with van der Waals surface area (Å²) in [6.07, 6.45) is 1.71. The monoisotopic (exact) mass is 287 g/mol. The Morgan fingerprint density at radius 2 is 2.10 bits per heavy atom. The molecule has 0 spiro atoms. The molecule has 2 aromatic heterocycles. The molecule has 2 unspecified atom stereocenters. The van der Waals surface area contributed by atoms with E-state index in [1.807, 2.05) is 36.4 Å². The summed E-state index contributed by atoms with van der Waals surface area (Å²) in [4.78, 5) is 29.6. The highest BCUT2D eigenvalue weighted by Crippen LogP contribution is 2.24. The lowest BCUT2D eigenvalue weighted by molar-refractivity contribution is -0.142. The van der Waals surface area contributed by atoms with Crippen LogP contribution in [0.4, 0.5) is 0 Å². The lowest BCUT2D eigenvalue weighted by Crippen LogP contribution is -2.30. The minimum atomic E-state index is -0.844. The van der Waals surface area contributed by atoms with E-state index >= 15 is 0 Å². The molecule has 3 rings (SSSR count). The predicted octanol–water partition coefficient (Wildman–Crippen LogP) is 1.44. The molecule has 3 heterocycles. The zero-order valence-corrected chi connectivity index (χ0v) is 12.0. The van der Waals surface area contributed by atoms with E-state index in [-0.39, 0.29) is 18.4 Å². The lowest BCUT2D eigenvalue weighted by atomic mass is 9.99. The second-order valence-corrected chi connectivity index (χ2v) is 5.65. The third kappa shape index (κ3) is 2.26. The highest BCUT2D eigenvalue weighted by molar-refractivity contribution is 5.93. The van der Waals surface area contributed by atoms with E-state index in [9.17, 15) is 9.59 Å². The molecular weight excluding hydrogens is 270 g/mol. The van der Waals surface area contributed by atoms with Crippen molar-refractivity contribution in [1.29, 1.82) is 0 Å². The second-order valence-electron chi connectivity index (χ2n) is 5.65. The van der Waals surface area contributed by atoms with Crippen LogP contribution in [0.15, 0.2) is 24.4 Å². The van der Waals surface area contributed by atoms with Crippen LogP contribution in [0.3, 0.4) is 0 Å². The number of imidazole rings is 1. The second kappa shape index (κ2) is 4.87. The first-order valence-electron chi connectivity index (χ1n) is 6.94. The molecule has 0 radical (unpaired) electrons. The first-order chi connectivity index (χ1) is 9.97. The zero-order valence-electron chi connectivity index (χ0n) is 12.0. The van der Waals surface area contributed by atoms with Crippen LogP contribution >= 0.6 is 0 Å². The molecule has 0 saturated carbocycles. The Balaban J connectivity index is 1.88. The number of carbonyl (C=O) groups excluding carboxylic acids is 1. The van der Waals surface area contributed by atoms with Crippen molar-refractivity contribution >= 4 is 17.5 Å². The summed E-state index contributed by atoms with van der Waals surface area (Å²) in [6.45, 7) is 4.52. The van der Waals surface area contributed by atoms with Gasteiger partial charge in [0.25, 0.3) is 5.91 Å². The summed E-state index contributed by atoms with van der Waals surface area (Å²) >= 11 is 0. The number of likely N-dealkylation sites (tertiary alicyclic amines) is 1. The molecule has 6 nitrogen and oxygen atoms in total. The number of carbonyl (C=O) groups is 2. The molecule has 0 aliphatic carbocycles. The number of carboxylic acid groups (broad SMARTS) is 1. The third-order valence-corrected chi connectivity index (χ3v) is 4.13. The largest absolute Gasteiger partial charge is 0.481 e. The van der Waals surface area contributed by atoms with Crippen molar-refractivity contribution in [2.45, 2.75) is 13.8 Å². The summed E-state index contributed by atoms with van der Waals surface area (Å²) in [6, 6.07) is 5.68. The first kappa shape index (κ1) is 13.6. The molecule has 6 heteroatoms. The van der Waals surface area contributed by atoms with Gasteiger partial charge < -0.3 is 14.4 Å². The normalized spacial score (nSPS) is 21.9. The average molecular weight is 287 g/mol. The van der Waals surface area contributed by atoms with Crippen molar-refractivity contribution in [3.63, 3.8) is 0 Å². The number of aryl methyl sites for hydroxylation is 1. The quantitative estimate of drug-likeness (QED) is 0.906. The Labute approximate surface area is 122 Å². The Morgan fingerprint density at radius 1 is 1.33 bits per heavy atom. The van der Waals surface area contributed by atoms with E-state index in [0.717, 1.165) is 11.3 Å². The summed E-state index contributed by atoms with van der Waals surface area (Å²) < 4.78 is 1.86. The molecule has 1 N–H and O–H groups in total. The molecule has 0 bridgehead atoms. The van der Waals surface area contributed by atoms with Gasteiger partial charge in [0, 0.05) is 25.0 Å². The number of carboxylic acids is 1. The maximum Gasteiger partial charge on any atom is 0.308 e. The lowest BCUT2D eigenvalue weighted by Gasteiger charge is -2.13. The fourth-order valence-electron chi connectivity index (χ4n) is 2.87.